The van der Waals surface area contributed by atoms with E-state index in [-0.39, 0.29) is 6.03 Å². The van der Waals surface area contributed by atoms with Gasteiger partial charge in [-0.25, -0.2) is 9.59 Å². The summed E-state index contributed by atoms with van der Waals surface area (Å²) in [6, 6.07) is -0.350. The van der Waals surface area contributed by atoms with Crippen LogP contribution in [0.2, 0.25) is 0 Å². The van der Waals surface area contributed by atoms with Gasteiger partial charge in [0.1, 0.15) is 5.54 Å². The fourth-order valence-corrected chi connectivity index (χ4v) is 3.30. The number of nitrogens with one attached hydrogen (secondary N) is 2. The molecule has 21 heavy (non-hydrogen) atoms. The van der Waals surface area contributed by atoms with Crippen LogP contribution in [0.4, 0.5) is 4.79 Å². The molecule has 6 heteroatoms. The van der Waals surface area contributed by atoms with Crippen molar-refractivity contribution in [1.29, 1.82) is 0 Å². The molecule has 0 saturated heterocycles. The van der Waals surface area contributed by atoms with Gasteiger partial charge in [0.25, 0.3) is 0 Å². The first kappa shape index (κ1) is 18.1. The van der Waals surface area contributed by atoms with Crippen LogP contribution in [0.3, 0.4) is 0 Å². The summed E-state index contributed by atoms with van der Waals surface area (Å²) in [4.78, 5) is 23.5. The number of aliphatic carboxylic acids is 1. The van der Waals surface area contributed by atoms with Crippen LogP contribution in [0, 0.1) is 5.92 Å². The summed E-state index contributed by atoms with van der Waals surface area (Å²) in [6.07, 6.45) is 7.92. The molecule has 0 aliphatic heterocycles. The third kappa shape index (κ3) is 5.77. The summed E-state index contributed by atoms with van der Waals surface area (Å²) in [5.41, 5.74) is -1.07. The highest BCUT2D eigenvalue weighted by Gasteiger charge is 2.42. The molecule has 0 spiro atoms. The molecule has 0 bridgehead atoms. The van der Waals surface area contributed by atoms with Gasteiger partial charge >= 0.3 is 12.0 Å². The fourth-order valence-electron chi connectivity index (χ4n) is 2.81. The SMILES string of the molecule is CCC1CCC(NC(=O)NCCCCSC)(C(=O)O)CC1. The molecule has 1 aliphatic rings. The van der Waals surface area contributed by atoms with Gasteiger partial charge in [0.2, 0.25) is 0 Å². The van der Waals surface area contributed by atoms with Gasteiger partial charge in [0, 0.05) is 6.54 Å². The van der Waals surface area contributed by atoms with Gasteiger partial charge in [0.15, 0.2) is 0 Å². The van der Waals surface area contributed by atoms with E-state index in [9.17, 15) is 14.7 Å². The molecular weight excluding hydrogens is 288 g/mol. The van der Waals surface area contributed by atoms with Gasteiger partial charge in [-0.1, -0.05) is 13.3 Å². The lowest BCUT2D eigenvalue weighted by Gasteiger charge is -2.37. The molecular formula is C15H28N2O3S. The van der Waals surface area contributed by atoms with Crippen molar-refractivity contribution < 1.29 is 14.7 Å². The van der Waals surface area contributed by atoms with Crippen molar-refractivity contribution in [3.63, 3.8) is 0 Å². The van der Waals surface area contributed by atoms with Crippen LogP contribution >= 0.6 is 11.8 Å². The highest BCUT2D eigenvalue weighted by atomic mass is 32.2. The molecule has 0 aromatic heterocycles. The Morgan fingerprint density at radius 2 is 1.95 bits per heavy atom. The van der Waals surface area contributed by atoms with Gasteiger partial charge in [-0.2, -0.15) is 11.8 Å². The van der Waals surface area contributed by atoms with Gasteiger partial charge in [-0.05, 0) is 56.5 Å². The average Bonchev–Trinajstić information content (AvgIpc) is 2.47. The fraction of sp³-hybridized carbons (Fsp3) is 0.867. The lowest BCUT2D eigenvalue weighted by Crippen LogP contribution is -2.58. The van der Waals surface area contributed by atoms with E-state index >= 15 is 0 Å². The lowest BCUT2D eigenvalue weighted by atomic mass is 9.75. The molecule has 1 saturated carbocycles. The Kier molecular flexibility index (Phi) is 7.93. The van der Waals surface area contributed by atoms with E-state index in [0.29, 0.717) is 25.3 Å². The molecule has 0 unspecified atom stereocenters. The first-order chi connectivity index (χ1) is 10.0. The Morgan fingerprint density at radius 3 is 2.48 bits per heavy atom. The summed E-state index contributed by atoms with van der Waals surface area (Å²) in [6.45, 7) is 2.73. The third-order valence-electron chi connectivity index (χ3n) is 4.36. The summed E-state index contributed by atoms with van der Waals surface area (Å²) in [5.74, 6) is 0.768. The Bertz CT molecular complexity index is 342. The van der Waals surface area contributed by atoms with Crippen LogP contribution in [-0.2, 0) is 4.79 Å². The first-order valence-electron chi connectivity index (χ1n) is 7.82. The molecule has 0 atom stereocenters. The Balaban J connectivity index is 2.40. The Hall–Kier alpha value is -0.910. The van der Waals surface area contributed by atoms with Crippen molar-refractivity contribution in [1.82, 2.24) is 10.6 Å². The zero-order valence-corrected chi connectivity index (χ0v) is 13.9. The summed E-state index contributed by atoms with van der Waals surface area (Å²) < 4.78 is 0. The lowest BCUT2D eigenvalue weighted by molar-refractivity contribution is -0.146. The van der Waals surface area contributed by atoms with Gasteiger partial charge in [-0.3, -0.25) is 0 Å². The minimum absolute atomic E-state index is 0.350. The van der Waals surface area contributed by atoms with Crippen LogP contribution in [0.1, 0.15) is 51.9 Å². The zero-order chi connectivity index (χ0) is 15.7. The molecule has 3 N–H and O–H groups in total. The molecule has 1 fully saturated rings. The van der Waals surface area contributed by atoms with E-state index in [4.69, 9.17) is 0 Å². The quantitative estimate of drug-likeness (QED) is 0.602. The van der Waals surface area contributed by atoms with E-state index in [1.54, 1.807) is 11.8 Å². The first-order valence-corrected chi connectivity index (χ1v) is 9.22. The number of urea groups is 1. The standard InChI is InChI=1S/C15H28N2O3S/c1-3-12-6-8-15(9-7-12,13(18)19)17-14(20)16-10-4-5-11-21-2/h12H,3-11H2,1-2H3,(H,18,19)(H2,16,17,20). The summed E-state index contributed by atoms with van der Waals surface area (Å²) in [5, 5.41) is 15.0. The maximum Gasteiger partial charge on any atom is 0.329 e. The maximum atomic E-state index is 11.9. The van der Waals surface area contributed by atoms with Crippen molar-refractivity contribution in [2.75, 3.05) is 18.6 Å². The number of carbonyl (C=O) groups is 2. The highest BCUT2D eigenvalue weighted by molar-refractivity contribution is 7.98. The number of unbranched alkanes of at least 4 members (excludes halogenated alkanes) is 1. The molecule has 0 heterocycles. The van der Waals surface area contributed by atoms with Crippen molar-refractivity contribution >= 4 is 23.8 Å². The zero-order valence-electron chi connectivity index (χ0n) is 13.1. The number of thioether (sulfide) groups is 1. The van der Waals surface area contributed by atoms with E-state index < -0.39 is 11.5 Å². The summed E-state index contributed by atoms with van der Waals surface area (Å²) >= 11 is 1.79. The monoisotopic (exact) mass is 316 g/mol. The molecule has 0 aromatic carbocycles. The molecule has 0 aromatic rings. The third-order valence-corrected chi connectivity index (χ3v) is 5.06. The predicted molar refractivity (Wildman–Crippen MR) is 86.8 cm³/mol. The molecule has 1 rings (SSSR count). The maximum absolute atomic E-state index is 11.9. The second-order valence-corrected chi connectivity index (χ2v) is 6.81. The number of rotatable bonds is 8. The van der Waals surface area contributed by atoms with Crippen molar-refractivity contribution in [3.8, 4) is 0 Å². The van der Waals surface area contributed by atoms with Crippen LogP contribution in [-0.4, -0.2) is 41.2 Å². The second-order valence-electron chi connectivity index (χ2n) is 5.82. The Morgan fingerprint density at radius 1 is 1.29 bits per heavy atom. The van der Waals surface area contributed by atoms with Gasteiger partial charge < -0.3 is 15.7 Å². The Labute approximate surface area is 131 Å². The van der Waals surface area contributed by atoms with Gasteiger partial charge in [0.05, 0.1) is 0 Å². The van der Waals surface area contributed by atoms with E-state index in [0.717, 1.165) is 37.9 Å². The average molecular weight is 316 g/mol. The number of carboxylic acid groups (broad SMARTS) is 1. The van der Waals surface area contributed by atoms with Crippen LogP contribution in [0.25, 0.3) is 0 Å². The normalized spacial score (nSPS) is 25.3. The van der Waals surface area contributed by atoms with Crippen molar-refractivity contribution in [2.45, 2.75) is 57.4 Å². The van der Waals surface area contributed by atoms with Gasteiger partial charge in [-0.15, -0.1) is 0 Å². The van der Waals surface area contributed by atoms with Crippen molar-refractivity contribution in [2.24, 2.45) is 5.92 Å². The minimum Gasteiger partial charge on any atom is -0.480 e. The number of carboxylic acids is 1. The number of hydrogen-bond acceptors (Lipinski definition) is 3. The molecule has 0 radical (unpaired) electrons. The molecule has 5 nitrogen and oxygen atoms in total. The van der Waals surface area contributed by atoms with Crippen LogP contribution < -0.4 is 10.6 Å². The topological polar surface area (TPSA) is 78.4 Å². The van der Waals surface area contributed by atoms with Crippen LogP contribution in [0.15, 0.2) is 0 Å². The predicted octanol–water partition coefficient (Wildman–Crippen LogP) is 2.85. The van der Waals surface area contributed by atoms with E-state index in [1.807, 2.05) is 0 Å². The largest absolute Gasteiger partial charge is 0.480 e. The van der Waals surface area contributed by atoms with Crippen LogP contribution in [0.5, 0.6) is 0 Å². The summed E-state index contributed by atoms with van der Waals surface area (Å²) in [7, 11) is 0. The molecule has 2 amide bonds. The second kappa shape index (κ2) is 9.18. The highest BCUT2D eigenvalue weighted by Crippen LogP contribution is 2.33. The minimum atomic E-state index is -1.07. The van der Waals surface area contributed by atoms with E-state index in [2.05, 4.69) is 23.8 Å². The van der Waals surface area contributed by atoms with E-state index in [1.165, 1.54) is 0 Å². The molecule has 1 aliphatic carbocycles. The number of hydrogen-bond donors (Lipinski definition) is 3. The number of carbonyl (C=O) groups excluding carboxylic acids is 1. The molecule has 122 valence electrons. The smallest absolute Gasteiger partial charge is 0.329 e. The number of amides is 2. The van der Waals surface area contributed by atoms with Crippen molar-refractivity contribution in [3.05, 3.63) is 0 Å².